The smallest absolute Gasteiger partial charge is 0.335 e. The maximum Gasteiger partial charge on any atom is 0.335 e. The van der Waals surface area contributed by atoms with Gasteiger partial charge < -0.3 is 9.84 Å². The van der Waals surface area contributed by atoms with E-state index in [0.29, 0.717) is 12.0 Å². The van der Waals surface area contributed by atoms with Crippen LogP contribution in [0, 0.1) is 5.92 Å². The molecule has 0 radical (unpaired) electrons. The molecule has 18 heavy (non-hydrogen) atoms. The Balaban J connectivity index is 2.46. The molecule has 4 nitrogen and oxygen atoms in total. The fourth-order valence-corrected chi connectivity index (χ4v) is 1.39. The minimum absolute atomic E-state index is 0.177. The van der Waals surface area contributed by atoms with E-state index in [1.807, 2.05) is 6.92 Å². The van der Waals surface area contributed by atoms with E-state index in [1.165, 1.54) is 0 Å². The van der Waals surface area contributed by atoms with Gasteiger partial charge >= 0.3 is 5.97 Å². The Kier molecular flexibility index (Phi) is 5.52. The lowest BCUT2D eigenvalue weighted by Gasteiger charge is -2.15. The number of rotatable bonds is 6. The number of ether oxygens (including phenoxy) is 1. The van der Waals surface area contributed by atoms with Crippen molar-refractivity contribution >= 4 is 11.8 Å². The Bertz CT molecular complexity index is 400. The van der Waals surface area contributed by atoms with E-state index in [2.05, 4.69) is 0 Å². The summed E-state index contributed by atoms with van der Waals surface area (Å²) in [6, 6.07) is 8.59. The lowest BCUT2D eigenvalue weighted by atomic mass is 10.0. The first kappa shape index (κ1) is 14.4. The number of carbonyl (C=O) groups is 2. The fraction of sp³-hybridized carbons (Fsp3) is 0.429. The third-order valence-electron chi connectivity index (χ3n) is 2.87. The van der Waals surface area contributed by atoms with E-state index in [-0.39, 0.29) is 18.3 Å². The molecule has 0 fully saturated rings. The highest BCUT2D eigenvalue weighted by molar-refractivity contribution is 5.98. The van der Waals surface area contributed by atoms with E-state index < -0.39 is 12.1 Å². The summed E-state index contributed by atoms with van der Waals surface area (Å²) in [6.45, 7) is 3.29. The van der Waals surface area contributed by atoms with Crippen molar-refractivity contribution in [2.24, 2.45) is 5.92 Å². The molecule has 0 spiro atoms. The van der Waals surface area contributed by atoms with Crippen LogP contribution in [0.5, 0.6) is 0 Å². The normalized spacial score (nSPS) is 13.7. The van der Waals surface area contributed by atoms with Gasteiger partial charge in [-0.25, -0.2) is 4.79 Å². The molecule has 0 bridgehead atoms. The van der Waals surface area contributed by atoms with Crippen molar-refractivity contribution in [2.45, 2.75) is 26.4 Å². The van der Waals surface area contributed by atoms with Crippen molar-refractivity contribution in [1.82, 2.24) is 0 Å². The molecular formula is C14H18O4. The molecule has 0 saturated heterocycles. The fourth-order valence-electron chi connectivity index (χ4n) is 1.39. The number of carbonyl (C=O) groups excluding carboxylic acids is 2. The zero-order valence-corrected chi connectivity index (χ0v) is 10.6. The number of aliphatic hydroxyl groups excluding tert-OH is 1. The summed E-state index contributed by atoms with van der Waals surface area (Å²) in [6.07, 6.45) is -0.498. The summed E-state index contributed by atoms with van der Waals surface area (Å²) >= 11 is 0. The van der Waals surface area contributed by atoms with E-state index in [1.54, 1.807) is 37.3 Å². The molecule has 0 aliphatic rings. The number of ketones is 1. The zero-order chi connectivity index (χ0) is 13.5. The molecule has 0 aliphatic carbocycles. The van der Waals surface area contributed by atoms with Gasteiger partial charge in [0.25, 0.3) is 0 Å². The number of hydrogen-bond acceptors (Lipinski definition) is 4. The number of Topliss-reactive ketones (excluding diaryl/α,β-unsaturated/α-hetero) is 1. The molecule has 1 aromatic rings. The Hall–Kier alpha value is -1.68. The molecular weight excluding hydrogens is 232 g/mol. The van der Waals surface area contributed by atoms with Gasteiger partial charge in [-0.15, -0.1) is 0 Å². The van der Waals surface area contributed by atoms with Crippen molar-refractivity contribution in [3.8, 4) is 0 Å². The highest BCUT2D eigenvalue weighted by Gasteiger charge is 2.23. The van der Waals surface area contributed by atoms with Crippen LogP contribution in [-0.4, -0.2) is 29.6 Å². The third-order valence-corrected chi connectivity index (χ3v) is 2.87. The maximum absolute atomic E-state index is 11.7. The van der Waals surface area contributed by atoms with Crippen molar-refractivity contribution in [1.29, 1.82) is 0 Å². The Morgan fingerprint density at radius 2 is 1.89 bits per heavy atom. The third kappa shape index (κ3) is 3.96. The first-order chi connectivity index (χ1) is 8.56. The van der Waals surface area contributed by atoms with Gasteiger partial charge in [-0.05, 0) is 5.92 Å². The predicted octanol–water partition coefficient (Wildman–Crippen LogP) is 1.82. The van der Waals surface area contributed by atoms with Gasteiger partial charge in [0.15, 0.2) is 18.5 Å². The summed E-state index contributed by atoms with van der Waals surface area (Å²) in [5.41, 5.74) is 0.489. The Morgan fingerprint density at radius 1 is 1.28 bits per heavy atom. The van der Waals surface area contributed by atoms with Crippen LogP contribution in [0.15, 0.2) is 30.3 Å². The molecule has 0 aromatic heterocycles. The molecule has 4 heteroatoms. The maximum atomic E-state index is 11.7. The van der Waals surface area contributed by atoms with Gasteiger partial charge in [-0.1, -0.05) is 50.6 Å². The minimum Gasteiger partial charge on any atom is -0.455 e. The first-order valence-electron chi connectivity index (χ1n) is 5.99. The molecule has 2 atom stereocenters. The van der Waals surface area contributed by atoms with Crippen LogP contribution in [-0.2, 0) is 9.53 Å². The molecule has 1 rings (SSSR count). The SMILES string of the molecule is CC[C@H](C)[C@@H](O)C(=O)OCC(=O)c1ccccc1. The van der Waals surface area contributed by atoms with Crippen LogP contribution >= 0.6 is 0 Å². The van der Waals surface area contributed by atoms with Gasteiger partial charge in [0.05, 0.1) is 0 Å². The lowest BCUT2D eigenvalue weighted by molar-refractivity contribution is -0.155. The largest absolute Gasteiger partial charge is 0.455 e. The molecule has 0 aliphatic heterocycles. The monoisotopic (exact) mass is 250 g/mol. The molecule has 1 aromatic carbocycles. The van der Waals surface area contributed by atoms with Gasteiger partial charge in [0.2, 0.25) is 0 Å². The highest BCUT2D eigenvalue weighted by atomic mass is 16.5. The zero-order valence-electron chi connectivity index (χ0n) is 10.6. The lowest BCUT2D eigenvalue weighted by Crippen LogP contribution is -2.30. The van der Waals surface area contributed by atoms with E-state index in [0.717, 1.165) is 0 Å². The quantitative estimate of drug-likeness (QED) is 0.618. The number of benzene rings is 1. The van der Waals surface area contributed by atoms with Crippen LogP contribution in [0.3, 0.4) is 0 Å². The highest BCUT2D eigenvalue weighted by Crippen LogP contribution is 2.09. The van der Waals surface area contributed by atoms with Gasteiger partial charge in [-0.3, -0.25) is 4.79 Å². The molecule has 98 valence electrons. The van der Waals surface area contributed by atoms with Crippen LogP contribution in [0.1, 0.15) is 30.6 Å². The van der Waals surface area contributed by atoms with Crippen molar-refractivity contribution in [3.05, 3.63) is 35.9 Å². The van der Waals surface area contributed by atoms with E-state index in [4.69, 9.17) is 4.74 Å². The summed E-state index contributed by atoms with van der Waals surface area (Å²) in [7, 11) is 0. The Labute approximate surface area is 107 Å². The van der Waals surface area contributed by atoms with Crippen LogP contribution in [0.2, 0.25) is 0 Å². The summed E-state index contributed by atoms with van der Waals surface area (Å²) in [4.78, 5) is 23.1. The standard InChI is InChI=1S/C14H18O4/c1-3-10(2)13(16)14(17)18-9-12(15)11-7-5-4-6-8-11/h4-8,10,13,16H,3,9H2,1-2H3/t10-,13+/m0/s1. The summed E-state index contributed by atoms with van der Waals surface area (Å²) in [5, 5.41) is 9.58. The molecule has 0 saturated carbocycles. The second kappa shape index (κ2) is 6.91. The summed E-state index contributed by atoms with van der Waals surface area (Å²) < 4.78 is 4.80. The second-order valence-electron chi connectivity index (χ2n) is 4.23. The molecule has 0 unspecified atom stereocenters. The number of esters is 1. The van der Waals surface area contributed by atoms with Crippen LogP contribution < -0.4 is 0 Å². The van der Waals surface area contributed by atoms with Crippen molar-refractivity contribution in [2.75, 3.05) is 6.61 Å². The molecule has 0 amide bonds. The van der Waals surface area contributed by atoms with Crippen LogP contribution in [0.4, 0.5) is 0 Å². The van der Waals surface area contributed by atoms with Gasteiger partial charge in [-0.2, -0.15) is 0 Å². The molecule has 0 heterocycles. The average molecular weight is 250 g/mol. The van der Waals surface area contributed by atoms with Crippen molar-refractivity contribution in [3.63, 3.8) is 0 Å². The van der Waals surface area contributed by atoms with E-state index >= 15 is 0 Å². The van der Waals surface area contributed by atoms with Crippen LogP contribution in [0.25, 0.3) is 0 Å². The van der Waals surface area contributed by atoms with Gasteiger partial charge in [0, 0.05) is 5.56 Å². The molecule has 1 N–H and O–H groups in total. The number of hydrogen-bond donors (Lipinski definition) is 1. The minimum atomic E-state index is -1.17. The summed E-state index contributed by atoms with van der Waals surface area (Å²) in [5.74, 6) is -1.20. The first-order valence-corrected chi connectivity index (χ1v) is 5.99. The Morgan fingerprint density at radius 3 is 2.44 bits per heavy atom. The predicted molar refractivity (Wildman–Crippen MR) is 67.2 cm³/mol. The van der Waals surface area contributed by atoms with Crippen molar-refractivity contribution < 1.29 is 19.4 Å². The second-order valence-corrected chi connectivity index (χ2v) is 4.23. The topological polar surface area (TPSA) is 63.6 Å². The average Bonchev–Trinajstić information content (AvgIpc) is 2.43. The van der Waals surface area contributed by atoms with Gasteiger partial charge in [0.1, 0.15) is 0 Å². The number of aliphatic hydroxyl groups is 1. The van der Waals surface area contributed by atoms with E-state index in [9.17, 15) is 14.7 Å².